The van der Waals surface area contributed by atoms with Crippen molar-refractivity contribution >= 4 is 16.9 Å². The fourth-order valence-electron chi connectivity index (χ4n) is 2.04. The molecule has 1 unspecified atom stereocenters. The summed E-state index contributed by atoms with van der Waals surface area (Å²) < 4.78 is 5.46. The van der Waals surface area contributed by atoms with Gasteiger partial charge in [0.2, 0.25) is 0 Å². The molecule has 1 heterocycles. The van der Waals surface area contributed by atoms with Crippen molar-refractivity contribution in [1.82, 2.24) is 4.90 Å². The standard InChI is InChI=1S/C14H18N2O3/c1-16(8-12(15)14(17)18)7-6-10-9-19-13-5-3-2-4-11(10)13/h2-5,9,12H,6-8,15H2,1H3,(H,17,18). The highest BCUT2D eigenvalue weighted by molar-refractivity contribution is 5.80. The number of nitrogens with two attached hydrogens (primary N) is 1. The molecule has 19 heavy (non-hydrogen) atoms. The number of nitrogens with zero attached hydrogens (tertiary/aromatic N) is 1. The molecule has 1 aromatic heterocycles. The van der Waals surface area contributed by atoms with Crippen LogP contribution in [0.25, 0.3) is 11.0 Å². The van der Waals surface area contributed by atoms with E-state index in [4.69, 9.17) is 15.3 Å². The topological polar surface area (TPSA) is 79.7 Å². The van der Waals surface area contributed by atoms with Gasteiger partial charge >= 0.3 is 5.97 Å². The van der Waals surface area contributed by atoms with Crippen molar-refractivity contribution < 1.29 is 14.3 Å². The van der Waals surface area contributed by atoms with Crippen molar-refractivity contribution in [2.45, 2.75) is 12.5 Å². The molecule has 5 nitrogen and oxygen atoms in total. The summed E-state index contributed by atoms with van der Waals surface area (Å²) in [6.07, 6.45) is 2.56. The zero-order valence-corrected chi connectivity index (χ0v) is 10.9. The van der Waals surface area contributed by atoms with E-state index in [2.05, 4.69) is 0 Å². The first-order valence-electron chi connectivity index (χ1n) is 6.20. The van der Waals surface area contributed by atoms with Crippen LogP contribution in [0.4, 0.5) is 0 Å². The Balaban J connectivity index is 1.93. The van der Waals surface area contributed by atoms with Gasteiger partial charge in [-0.1, -0.05) is 18.2 Å². The van der Waals surface area contributed by atoms with Gasteiger partial charge in [-0.25, -0.2) is 0 Å². The Morgan fingerprint density at radius 2 is 2.21 bits per heavy atom. The maximum atomic E-state index is 10.7. The molecule has 0 amide bonds. The van der Waals surface area contributed by atoms with Gasteiger partial charge in [0.05, 0.1) is 6.26 Å². The molecule has 3 N–H and O–H groups in total. The Bertz CT molecular complexity index is 565. The maximum absolute atomic E-state index is 10.7. The Morgan fingerprint density at radius 3 is 2.95 bits per heavy atom. The number of rotatable bonds is 6. The molecule has 2 aromatic rings. The molecule has 0 radical (unpaired) electrons. The Labute approximate surface area is 111 Å². The third-order valence-corrected chi connectivity index (χ3v) is 3.15. The zero-order chi connectivity index (χ0) is 13.8. The number of para-hydroxylation sites is 1. The van der Waals surface area contributed by atoms with Gasteiger partial charge in [-0.3, -0.25) is 4.79 Å². The highest BCUT2D eigenvalue weighted by Crippen LogP contribution is 2.21. The van der Waals surface area contributed by atoms with Crippen molar-refractivity contribution in [3.05, 3.63) is 36.1 Å². The highest BCUT2D eigenvalue weighted by Gasteiger charge is 2.14. The molecule has 0 saturated heterocycles. The fraction of sp³-hybridized carbons (Fsp3) is 0.357. The second kappa shape index (κ2) is 5.86. The minimum absolute atomic E-state index is 0.338. The average Bonchev–Trinajstić information content (AvgIpc) is 2.79. The SMILES string of the molecule is CN(CCc1coc2ccccc12)CC(N)C(=O)O. The summed E-state index contributed by atoms with van der Waals surface area (Å²) in [4.78, 5) is 12.6. The minimum atomic E-state index is -0.972. The van der Waals surface area contributed by atoms with E-state index in [1.807, 2.05) is 36.2 Å². The van der Waals surface area contributed by atoms with Crippen molar-refractivity contribution in [2.75, 3.05) is 20.1 Å². The number of furan rings is 1. The van der Waals surface area contributed by atoms with Crippen molar-refractivity contribution in [3.8, 4) is 0 Å². The van der Waals surface area contributed by atoms with Crippen LogP contribution in [0.15, 0.2) is 34.9 Å². The number of hydrogen-bond donors (Lipinski definition) is 2. The van der Waals surface area contributed by atoms with Crippen LogP contribution in [-0.2, 0) is 11.2 Å². The van der Waals surface area contributed by atoms with Crippen LogP contribution in [0.2, 0.25) is 0 Å². The maximum Gasteiger partial charge on any atom is 0.321 e. The lowest BCUT2D eigenvalue weighted by molar-refractivity contribution is -0.138. The smallest absolute Gasteiger partial charge is 0.321 e. The van der Waals surface area contributed by atoms with Crippen molar-refractivity contribution in [2.24, 2.45) is 5.73 Å². The molecule has 0 spiro atoms. The third kappa shape index (κ3) is 3.33. The van der Waals surface area contributed by atoms with Gasteiger partial charge < -0.3 is 20.2 Å². The number of fused-ring (bicyclic) bond motifs is 1. The lowest BCUT2D eigenvalue weighted by Crippen LogP contribution is -2.41. The van der Waals surface area contributed by atoms with E-state index >= 15 is 0 Å². The highest BCUT2D eigenvalue weighted by atomic mass is 16.4. The normalized spacial score (nSPS) is 13.0. The Kier molecular flexibility index (Phi) is 4.19. The summed E-state index contributed by atoms with van der Waals surface area (Å²) >= 11 is 0. The van der Waals surface area contributed by atoms with Crippen LogP contribution in [0.1, 0.15) is 5.56 Å². The van der Waals surface area contributed by atoms with Gasteiger partial charge in [0.1, 0.15) is 11.6 Å². The molecule has 5 heteroatoms. The van der Waals surface area contributed by atoms with Gasteiger partial charge in [-0.2, -0.15) is 0 Å². The number of carboxylic acid groups (broad SMARTS) is 1. The Morgan fingerprint density at radius 1 is 1.47 bits per heavy atom. The van der Waals surface area contributed by atoms with Gasteiger partial charge in [0.25, 0.3) is 0 Å². The van der Waals surface area contributed by atoms with Crippen LogP contribution in [0.5, 0.6) is 0 Å². The summed E-state index contributed by atoms with van der Waals surface area (Å²) in [6, 6.07) is 7.03. The van der Waals surface area contributed by atoms with Gasteiger partial charge in [0.15, 0.2) is 0 Å². The number of aliphatic carboxylic acids is 1. The largest absolute Gasteiger partial charge is 0.480 e. The molecule has 102 valence electrons. The number of carboxylic acids is 1. The minimum Gasteiger partial charge on any atom is -0.480 e. The molecule has 0 aliphatic rings. The zero-order valence-electron chi connectivity index (χ0n) is 10.9. The first-order valence-corrected chi connectivity index (χ1v) is 6.20. The van der Waals surface area contributed by atoms with E-state index in [-0.39, 0.29) is 0 Å². The first kappa shape index (κ1) is 13.6. The second-order valence-electron chi connectivity index (χ2n) is 4.71. The molecule has 1 aromatic carbocycles. The predicted octanol–water partition coefficient (Wildman–Crippen LogP) is 1.32. The molecule has 2 rings (SSSR count). The van der Waals surface area contributed by atoms with E-state index < -0.39 is 12.0 Å². The lowest BCUT2D eigenvalue weighted by atomic mass is 10.1. The summed E-state index contributed by atoms with van der Waals surface area (Å²) in [5.74, 6) is -0.972. The van der Waals surface area contributed by atoms with Crippen molar-refractivity contribution in [1.29, 1.82) is 0 Å². The molecular formula is C14H18N2O3. The monoisotopic (exact) mass is 262 g/mol. The number of hydrogen-bond acceptors (Lipinski definition) is 4. The van der Waals surface area contributed by atoms with Crippen LogP contribution in [-0.4, -0.2) is 42.2 Å². The fourth-order valence-corrected chi connectivity index (χ4v) is 2.04. The van der Waals surface area contributed by atoms with Crippen LogP contribution >= 0.6 is 0 Å². The number of carbonyl (C=O) groups is 1. The summed E-state index contributed by atoms with van der Waals surface area (Å²) in [7, 11) is 1.87. The van der Waals surface area contributed by atoms with E-state index in [1.54, 1.807) is 6.26 Å². The predicted molar refractivity (Wildman–Crippen MR) is 73.0 cm³/mol. The van der Waals surface area contributed by atoms with E-state index in [1.165, 1.54) is 0 Å². The van der Waals surface area contributed by atoms with E-state index in [9.17, 15) is 4.79 Å². The number of benzene rings is 1. The summed E-state index contributed by atoms with van der Waals surface area (Å²) in [6.45, 7) is 1.08. The molecule has 0 aliphatic carbocycles. The third-order valence-electron chi connectivity index (χ3n) is 3.15. The summed E-state index contributed by atoms with van der Waals surface area (Å²) in [5, 5.41) is 9.87. The Hall–Kier alpha value is -1.85. The number of likely N-dealkylation sites (N-methyl/N-ethyl adjacent to an activating group) is 1. The summed E-state index contributed by atoms with van der Waals surface area (Å²) in [5.41, 5.74) is 7.51. The average molecular weight is 262 g/mol. The van der Waals surface area contributed by atoms with Crippen LogP contribution in [0.3, 0.4) is 0 Å². The van der Waals surface area contributed by atoms with E-state index in [0.717, 1.165) is 29.5 Å². The van der Waals surface area contributed by atoms with Gasteiger partial charge in [-0.05, 0) is 25.1 Å². The molecule has 0 fully saturated rings. The second-order valence-corrected chi connectivity index (χ2v) is 4.71. The van der Waals surface area contributed by atoms with Crippen LogP contribution < -0.4 is 5.73 Å². The lowest BCUT2D eigenvalue weighted by Gasteiger charge is -2.18. The van der Waals surface area contributed by atoms with E-state index in [0.29, 0.717) is 6.54 Å². The van der Waals surface area contributed by atoms with Gasteiger partial charge in [-0.15, -0.1) is 0 Å². The quantitative estimate of drug-likeness (QED) is 0.820. The van der Waals surface area contributed by atoms with Crippen LogP contribution in [0, 0.1) is 0 Å². The van der Waals surface area contributed by atoms with Crippen molar-refractivity contribution in [3.63, 3.8) is 0 Å². The molecule has 0 aliphatic heterocycles. The molecule has 0 saturated carbocycles. The first-order chi connectivity index (χ1) is 9.08. The molecule has 1 atom stereocenters. The van der Waals surface area contributed by atoms with Gasteiger partial charge in [0, 0.05) is 18.5 Å². The molecule has 0 bridgehead atoms. The molecular weight excluding hydrogens is 244 g/mol.